The van der Waals surface area contributed by atoms with Gasteiger partial charge in [-0.3, -0.25) is 25.0 Å². The summed E-state index contributed by atoms with van der Waals surface area (Å²) < 4.78 is 16.6. The summed E-state index contributed by atoms with van der Waals surface area (Å²) in [5, 5.41) is 13.2. The van der Waals surface area contributed by atoms with Gasteiger partial charge in [0.15, 0.2) is 11.5 Å². The second kappa shape index (κ2) is 11.9. The van der Waals surface area contributed by atoms with Crippen LogP contribution in [0.2, 0.25) is 0 Å². The molecule has 1 aliphatic heterocycles. The van der Waals surface area contributed by atoms with Crippen LogP contribution < -0.4 is 19.7 Å². The monoisotopic (exact) mass is 657 g/mol. The van der Waals surface area contributed by atoms with E-state index in [0.29, 0.717) is 26.2 Å². The van der Waals surface area contributed by atoms with Crippen molar-refractivity contribution in [3.8, 4) is 11.5 Å². The van der Waals surface area contributed by atoms with Crippen LogP contribution in [-0.2, 0) is 20.9 Å². The molecule has 1 heterocycles. The van der Waals surface area contributed by atoms with Gasteiger partial charge < -0.3 is 14.2 Å². The molecule has 0 aliphatic carbocycles. The lowest BCUT2D eigenvalue weighted by Gasteiger charge is -2.26. The van der Waals surface area contributed by atoms with Crippen molar-refractivity contribution in [3.05, 3.63) is 96.6 Å². The summed E-state index contributed by atoms with van der Waals surface area (Å²) in [5.74, 6) is -1.67. The van der Waals surface area contributed by atoms with E-state index in [1.165, 1.54) is 56.7 Å². The number of hydrogen-bond donors (Lipinski definition) is 1. The smallest absolute Gasteiger partial charge is 0.337 e. The van der Waals surface area contributed by atoms with Crippen LogP contribution in [-0.4, -0.2) is 43.0 Å². The van der Waals surface area contributed by atoms with E-state index in [4.69, 9.17) is 9.47 Å². The number of ether oxygens (including phenoxy) is 3. The number of nitro groups is 1. The number of benzene rings is 3. The Hall–Kier alpha value is -4.79. The van der Waals surface area contributed by atoms with Gasteiger partial charge in [0.25, 0.3) is 17.5 Å². The largest absolute Gasteiger partial charge is 0.493 e. The number of nitrogens with one attached hydrogen (secondary N) is 1. The van der Waals surface area contributed by atoms with Crippen LogP contribution in [0.3, 0.4) is 0 Å². The molecule has 4 amide bonds. The lowest BCUT2D eigenvalue weighted by atomic mass is 10.1. The van der Waals surface area contributed by atoms with E-state index >= 15 is 0 Å². The number of imide groups is 2. The number of urea groups is 1. The Balaban J connectivity index is 1.61. The van der Waals surface area contributed by atoms with Gasteiger partial charge in [-0.1, -0.05) is 12.1 Å². The molecule has 40 heavy (non-hydrogen) atoms. The minimum Gasteiger partial charge on any atom is -0.493 e. The van der Waals surface area contributed by atoms with Gasteiger partial charge in [-0.15, -0.1) is 0 Å². The SMILES string of the molecule is COC(=O)c1ccc(N2C(=O)NC(=O)/C(=C\c3cc(I)c(OCc4cccc([N+](=O)[O-])c4)c(OC)c3)C2=O)cc1. The number of rotatable bonds is 8. The normalized spacial score (nSPS) is 14.1. The van der Waals surface area contributed by atoms with Crippen LogP contribution in [0.5, 0.6) is 11.5 Å². The molecule has 12 nitrogen and oxygen atoms in total. The van der Waals surface area contributed by atoms with Crippen LogP contribution in [0.1, 0.15) is 21.5 Å². The van der Waals surface area contributed by atoms with Crippen molar-refractivity contribution in [2.24, 2.45) is 0 Å². The lowest BCUT2D eigenvalue weighted by molar-refractivity contribution is -0.384. The third-order valence-corrected chi connectivity index (χ3v) is 6.52. The number of amides is 4. The number of hydrogen-bond acceptors (Lipinski definition) is 9. The van der Waals surface area contributed by atoms with Crippen molar-refractivity contribution in [2.45, 2.75) is 6.61 Å². The van der Waals surface area contributed by atoms with Gasteiger partial charge >= 0.3 is 12.0 Å². The molecular formula is C27H20IN3O9. The quantitative estimate of drug-likeness (QED) is 0.0936. The van der Waals surface area contributed by atoms with E-state index in [9.17, 15) is 29.3 Å². The maximum absolute atomic E-state index is 13.2. The number of nitro benzene ring substituents is 1. The Bertz CT molecular complexity index is 1570. The van der Waals surface area contributed by atoms with Crippen LogP contribution >= 0.6 is 22.6 Å². The number of barbiturate groups is 1. The number of halogens is 1. The molecular weight excluding hydrogens is 637 g/mol. The fourth-order valence-corrected chi connectivity index (χ4v) is 4.58. The topological polar surface area (TPSA) is 154 Å². The van der Waals surface area contributed by atoms with Crippen LogP contribution in [0, 0.1) is 13.7 Å². The fourth-order valence-electron chi connectivity index (χ4n) is 3.80. The number of anilines is 1. The van der Waals surface area contributed by atoms with Crippen molar-refractivity contribution >= 4 is 63.9 Å². The second-order valence-corrected chi connectivity index (χ2v) is 9.41. The summed E-state index contributed by atoms with van der Waals surface area (Å²) in [6, 6.07) is 13.8. The maximum Gasteiger partial charge on any atom is 0.337 e. The Labute approximate surface area is 240 Å². The molecule has 1 fully saturated rings. The second-order valence-electron chi connectivity index (χ2n) is 8.25. The van der Waals surface area contributed by atoms with Crippen LogP contribution in [0.4, 0.5) is 16.2 Å². The Morgan fingerprint density at radius 2 is 1.80 bits per heavy atom. The van der Waals surface area contributed by atoms with Crippen LogP contribution in [0.25, 0.3) is 6.08 Å². The highest BCUT2D eigenvalue weighted by atomic mass is 127. The summed E-state index contributed by atoms with van der Waals surface area (Å²) in [7, 11) is 2.64. The van der Waals surface area contributed by atoms with E-state index in [1.54, 1.807) is 24.3 Å². The third-order valence-electron chi connectivity index (χ3n) is 5.72. The molecule has 3 aromatic rings. The van der Waals surface area contributed by atoms with Crippen LogP contribution in [0.15, 0.2) is 66.2 Å². The highest BCUT2D eigenvalue weighted by Crippen LogP contribution is 2.36. The van der Waals surface area contributed by atoms with Gasteiger partial charge in [-0.05, 0) is 76.2 Å². The zero-order chi connectivity index (χ0) is 29.0. The summed E-state index contributed by atoms with van der Waals surface area (Å²) in [4.78, 5) is 61.4. The first-order valence-corrected chi connectivity index (χ1v) is 12.5. The highest BCUT2D eigenvalue weighted by Gasteiger charge is 2.37. The Kier molecular flexibility index (Phi) is 8.43. The molecule has 0 spiro atoms. The molecule has 0 aromatic heterocycles. The fraction of sp³-hybridized carbons (Fsp3) is 0.111. The molecule has 4 rings (SSSR count). The first-order chi connectivity index (χ1) is 19.1. The average molecular weight is 657 g/mol. The predicted molar refractivity (Wildman–Crippen MR) is 150 cm³/mol. The Morgan fingerprint density at radius 3 is 2.45 bits per heavy atom. The molecule has 0 unspecified atom stereocenters. The van der Waals surface area contributed by atoms with Gasteiger partial charge in [0.1, 0.15) is 12.2 Å². The zero-order valence-corrected chi connectivity index (χ0v) is 23.2. The molecule has 1 aliphatic rings. The van der Waals surface area contributed by atoms with E-state index < -0.39 is 28.7 Å². The van der Waals surface area contributed by atoms with Gasteiger partial charge in [0.2, 0.25) is 0 Å². The number of carbonyl (C=O) groups is 4. The summed E-state index contributed by atoms with van der Waals surface area (Å²) in [5.41, 5.74) is 0.986. The highest BCUT2D eigenvalue weighted by molar-refractivity contribution is 14.1. The molecule has 1 N–H and O–H groups in total. The molecule has 0 radical (unpaired) electrons. The minimum absolute atomic E-state index is 0.0290. The van der Waals surface area contributed by atoms with Crippen molar-refractivity contribution < 1.29 is 38.3 Å². The average Bonchev–Trinajstić information content (AvgIpc) is 2.94. The number of nitrogens with zero attached hydrogens (tertiary/aromatic N) is 2. The van der Waals surface area contributed by atoms with Crippen molar-refractivity contribution in [2.75, 3.05) is 19.1 Å². The van der Waals surface area contributed by atoms with Gasteiger partial charge in [-0.25, -0.2) is 14.5 Å². The van der Waals surface area contributed by atoms with Gasteiger partial charge in [0.05, 0.1) is 34.0 Å². The number of carbonyl (C=O) groups excluding carboxylic acids is 4. The van der Waals surface area contributed by atoms with Crippen molar-refractivity contribution in [3.63, 3.8) is 0 Å². The van der Waals surface area contributed by atoms with E-state index in [1.807, 2.05) is 22.6 Å². The number of esters is 1. The zero-order valence-electron chi connectivity index (χ0n) is 21.0. The molecule has 13 heteroatoms. The first kappa shape index (κ1) is 28.2. The first-order valence-electron chi connectivity index (χ1n) is 11.5. The van der Waals surface area contributed by atoms with E-state index in [2.05, 4.69) is 10.1 Å². The summed E-state index contributed by atoms with van der Waals surface area (Å²) in [6.45, 7) is 0.0290. The minimum atomic E-state index is -0.935. The molecule has 0 saturated carbocycles. The Morgan fingerprint density at radius 1 is 1.07 bits per heavy atom. The molecule has 204 valence electrons. The molecule has 1 saturated heterocycles. The van der Waals surface area contributed by atoms with Crippen molar-refractivity contribution in [1.29, 1.82) is 0 Å². The maximum atomic E-state index is 13.2. The molecule has 0 bridgehead atoms. The number of methoxy groups -OCH3 is 2. The molecule has 0 atom stereocenters. The third kappa shape index (κ3) is 5.93. The predicted octanol–water partition coefficient (Wildman–Crippen LogP) is 4.24. The van der Waals surface area contributed by atoms with E-state index in [0.717, 1.165) is 4.90 Å². The standard InChI is InChI=1S/C27H20IN3O9/c1-38-22-13-16(12-21(28)23(22)40-14-15-4-3-5-19(10-15)31(36)37)11-20-24(32)29-27(35)30(25(20)33)18-8-6-17(7-9-18)26(34)39-2/h3-13H,14H2,1-2H3,(H,29,32,35)/b20-11+. The molecule has 3 aromatic carbocycles. The van der Waals surface area contributed by atoms with Crippen molar-refractivity contribution in [1.82, 2.24) is 5.32 Å². The number of non-ortho nitro benzene ring substituents is 1. The lowest BCUT2D eigenvalue weighted by Crippen LogP contribution is -2.54. The van der Waals surface area contributed by atoms with Gasteiger partial charge in [-0.2, -0.15) is 0 Å². The summed E-state index contributed by atoms with van der Waals surface area (Å²) in [6.07, 6.45) is 1.31. The van der Waals surface area contributed by atoms with E-state index in [-0.39, 0.29) is 29.1 Å². The van der Waals surface area contributed by atoms with Gasteiger partial charge in [0, 0.05) is 12.1 Å². The summed E-state index contributed by atoms with van der Waals surface area (Å²) >= 11 is 2.00.